The number of likely N-dealkylation sites (tertiary alicyclic amines) is 1. The predicted octanol–water partition coefficient (Wildman–Crippen LogP) is 7.88. The minimum Gasteiger partial charge on any atom is -0.493 e. The zero-order valence-corrected chi connectivity index (χ0v) is 32.2. The molecule has 53 heavy (non-hydrogen) atoms. The van der Waals surface area contributed by atoms with Gasteiger partial charge in [-0.15, -0.1) is 0 Å². The Bertz CT molecular complexity index is 1480. The Morgan fingerprint density at radius 3 is 2.32 bits per heavy atom. The average Bonchev–Trinajstić information content (AvgIpc) is 3.29. The second-order valence-electron chi connectivity index (χ2n) is 15.4. The monoisotopic (exact) mass is 734 g/mol. The second-order valence-corrected chi connectivity index (χ2v) is 15.4. The molecule has 2 saturated carbocycles. The van der Waals surface area contributed by atoms with Crippen molar-refractivity contribution in [2.75, 3.05) is 27.4 Å². The predicted molar refractivity (Wildman–Crippen MR) is 204 cm³/mol. The maximum Gasteiger partial charge on any atom is 0.344 e. The fourth-order valence-corrected chi connectivity index (χ4v) is 8.26. The van der Waals surface area contributed by atoms with Gasteiger partial charge in [0.15, 0.2) is 18.1 Å². The van der Waals surface area contributed by atoms with Crippen LogP contribution in [0.4, 0.5) is 0 Å². The molecule has 2 aliphatic carbocycles. The Kier molecular flexibility index (Phi) is 15.7. The third-order valence-corrected chi connectivity index (χ3v) is 11.5. The molecule has 4 unspecified atom stereocenters. The van der Waals surface area contributed by atoms with Gasteiger partial charge in [-0.25, -0.2) is 9.59 Å². The zero-order chi connectivity index (χ0) is 37.6. The molecule has 2 aromatic rings. The van der Waals surface area contributed by atoms with E-state index in [4.69, 9.17) is 29.4 Å². The van der Waals surface area contributed by atoms with Crippen molar-refractivity contribution < 1.29 is 38.1 Å². The Hall–Kier alpha value is -3.79. The molecule has 0 spiro atoms. The van der Waals surface area contributed by atoms with E-state index in [9.17, 15) is 14.4 Å². The van der Waals surface area contributed by atoms with Crippen LogP contribution < -0.4 is 19.9 Å². The number of nitrogens with zero attached hydrogens (tertiary/aromatic N) is 1. The van der Waals surface area contributed by atoms with E-state index in [1.54, 1.807) is 25.2 Å². The van der Waals surface area contributed by atoms with Gasteiger partial charge < -0.3 is 34.3 Å². The summed E-state index contributed by atoms with van der Waals surface area (Å²) in [6, 6.07) is 11.8. The first-order valence-electron chi connectivity index (χ1n) is 20.2. The van der Waals surface area contributed by atoms with Crippen LogP contribution in [0.5, 0.6) is 17.2 Å². The molecule has 5 atom stereocenters. The van der Waals surface area contributed by atoms with Crippen LogP contribution in [0.1, 0.15) is 127 Å². The highest BCUT2D eigenvalue weighted by atomic mass is 16.6. The van der Waals surface area contributed by atoms with Crippen LogP contribution in [0.3, 0.4) is 0 Å². The third-order valence-electron chi connectivity index (χ3n) is 11.5. The van der Waals surface area contributed by atoms with Crippen molar-refractivity contribution in [3.05, 3.63) is 53.6 Å². The van der Waals surface area contributed by atoms with E-state index in [1.807, 2.05) is 36.4 Å². The molecule has 3 aliphatic rings. The van der Waals surface area contributed by atoms with E-state index in [0.717, 1.165) is 75.3 Å². The molecule has 10 nitrogen and oxygen atoms in total. The highest BCUT2D eigenvalue weighted by molar-refractivity contribution is 5.88. The fourth-order valence-electron chi connectivity index (χ4n) is 8.26. The molecule has 1 saturated heterocycles. The molecule has 1 amide bonds. The molecule has 1 aliphatic heterocycles. The van der Waals surface area contributed by atoms with E-state index < -0.39 is 24.2 Å². The molecule has 2 N–H and O–H groups in total. The van der Waals surface area contributed by atoms with Crippen molar-refractivity contribution in [1.82, 2.24) is 4.90 Å². The molecule has 10 heteroatoms. The number of ether oxygens (including phenoxy) is 5. The molecule has 5 rings (SSSR count). The number of carbonyl (C=O) groups is 3. The van der Waals surface area contributed by atoms with Crippen molar-refractivity contribution in [1.29, 1.82) is 0 Å². The molecular formula is C43H62N2O8. The number of rotatable bonds is 14. The van der Waals surface area contributed by atoms with Gasteiger partial charge in [-0.2, -0.15) is 0 Å². The highest BCUT2D eigenvalue weighted by Gasteiger charge is 2.39. The molecule has 0 bridgehead atoms. The maximum atomic E-state index is 14.1. The maximum absolute atomic E-state index is 14.1. The average molecular weight is 735 g/mol. The summed E-state index contributed by atoms with van der Waals surface area (Å²) in [5.74, 6) is 1.58. The second kappa shape index (κ2) is 20.6. The summed E-state index contributed by atoms with van der Waals surface area (Å²) in [5.41, 5.74) is 8.30. The van der Waals surface area contributed by atoms with Crippen LogP contribution in [-0.2, 0) is 30.3 Å². The van der Waals surface area contributed by atoms with Gasteiger partial charge in [-0.3, -0.25) is 4.79 Å². The Labute approximate surface area is 316 Å². The lowest BCUT2D eigenvalue weighted by atomic mass is 9.83. The smallest absolute Gasteiger partial charge is 0.344 e. The summed E-state index contributed by atoms with van der Waals surface area (Å²) in [5, 5.41) is 0. The van der Waals surface area contributed by atoms with Crippen molar-refractivity contribution in [3.8, 4) is 17.2 Å². The molecule has 3 fully saturated rings. The highest BCUT2D eigenvalue weighted by Crippen LogP contribution is 2.33. The number of hydrogen-bond donors (Lipinski definition) is 1. The van der Waals surface area contributed by atoms with E-state index in [1.165, 1.54) is 25.7 Å². The summed E-state index contributed by atoms with van der Waals surface area (Å²) in [6.45, 7) is 2.57. The van der Waals surface area contributed by atoms with Gasteiger partial charge in [0.25, 0.3) is 0 Å². The summed E-state index contributed by atoms with van der Waals surface area (Å²) in [7, 11) is 3.20. The quantitative estimate of drug-likeness (QED) is 0.193. The normalized spacial score (nSPS) is 22.6. The largest absolute Gasteiger partial charge is 0.493 e. The minimum atomic E-state index is -0.691. The number of methoxy groups -OCH3 is 2. The molecule has 1 heterocycles. The van der Waals surface area contributed by atoms with Crippen molar-refractivity contribution in [2.24, 2.45) is 17.6 Å². The van der Waals surface area contributed by atoms with Crippen LogP contribution >= 0.6 is 0 Å². The van der Waals surface area contributed by atoms with Gasteiger partial charge in [-0.05, 0) is 118 Å². The van der Waals surface area contributed by atoms with E-state index in [-0.39, 0.29) is 30.5 Å². The molecule has 0 aromatic heterocycles. The van der Waals surface area contributed by atoms with Crippen LogP contribution in [0, 0.1) is 11.8 Å². The van der Waals surface area contributed by atoms with Gasteiger partial charge in [0.05, 0.1) is 20.3 Å². The molecule has 2 aromatic carbocycles. The van der Waals surface area contributed by atoms with Gasteiger partial charge in [-0.1, -0.05) is 63.6 Å². The number of esters is 2. The first-order valence-corrected chi connectivity index (χ1v) is 20.2. The Morgan fingerprint density at radius 2 is 1.55 bits per heavy atom. The zero-order valence-electron chi connectivity index (χ0n) is 32.2. The summed E-state index contributed by atoms with van der Waals surface area (Å²) in [4.78, 5) is 42.4. The topological polar surface area (TPSA) is 127 Å². The lowest BCUT2D eigenvalue weighted by Crippen LogP contribution is -2.56. The summed E-state index contributed by atoms with van der Waals surface area (Å²) < 4.78 is 29.1. The fraction of sp³-hybridized carbons (Fsp3) is 0.651. The van der Waals surface area contributed by atoms with Gasteiger partial charge in [0, 0.05) is 6.54 Å². The number of aryl methyl sites for hydroxylation is 1. The van der Waals surface area contributed by atoms with E-state index in [0.29, 0.717) is 49.0 Å². The van der Waals surface area contributed by atoms with Crippen molar-refractivity contribution in [2.45, 2.75) is 140 Å². The molecular weight excluding hydrogens is 672 g/mol. The van der Waals surface area contributed by atoms with Crippen LogP contribution in [-0.4, -0.2) is 68.3 Å². The minimum absolute atomic E-state index is 0.0817. The standard InChI is InChI=1S/C43H62N2O8/c1-30-13-6-4-9-17-34(23-20-30)52-40(46)29-51-35-18-12-16-33(28-35)37(24-21-31-22-25-38(49-2)39(27-31)50-3)53-43(48)36-19-10-11-26-45(36)42(47)41(44)32-14-7-5-8-15-32/h12,16,18,22,25,27-28,30,32,34,36-37,41H,4-11,13-15,17,19-21,23-24,26,29,44H2,1-3H3/t30?,34?,36-,37?,41?/m0/s1. The Balaban J connectivity index is 1.29. The van der Waals surface area contributed by atoms with Gasteiger partial charge in [0.2, 0.25) is 5.91 Å². The van der Waals surface area contributed by atoms with E-state index in [2.05, 4.69) is 6.92 Å². The first kappa shape index (κ1) is 40.4. The van der Waals surface area contributed by atoms with E-state index >= 15 is 0 Å². The SMILES string of the molecule is COc1ccc(CCC(OC(=O)[C@@H]2CCCCN2C(=O)C(N)C2CCCCC2)c2cccc(OCC(=O)OC3CCCCCC(C)CC3)c2)cc1OC. The van der Waals surface area contributed by atoms with Crippen LogP contribution in [0.2, 0.25) is 0 Å². The number of hydrogen-bond acceptors (Lipinski definition) is 9. The Morgan fingerprint density at radius 1 is 0.811 bits per heavy atom. The van der Waals surface area contributed by atoms with Gasteiger partial charge >= 0.3 is 11.9 Å². The number of nitrogens with two attached hydrogens (primary N) is 1. The lowest BCUT2D eigenvalue weighted by molar-refractivity contribution is -0.163. The number of carbonyl (C=O) groups excluding carboxylic acids is 3. The summed E-state index contributed by atoms with van der Waals surface area (Å²) in [6.07, 6.45) is 15.3. The van der Waals surface area contributed by atoms with Gasteiger partial charge in [0.1, 0.15) is 24.0 Å². The van der Waals surface area contributed by atoms with Crippen molar-refractivity contribution >= 4 is 17.8 Å². The summed E-state index contributed by atoms with van der Waals surface area (Å²) >= 11 is 0. The number of amides is 1. The molecule has 292 valence electrons. The number of benzene rings is 2. The van der Waals surface area contributed by atoms with Crippen LogP contribution in [0.15, 0.2) is 42.5 Å². The van der Waals surface area contributed by atoms with Crippen LogP contribution in [0.25, 0.3) is 0 Å². The third kappa shape index (κ3) is 11.8. The van der Waals surface area contributed by atoms with Crippen molar-refractivity contribution in [3.63, 3.8) is 0 Å². The first-order chi connectivity index (χ1) is 25.7. The lowest BCUT2D eigenvalue weighted by Gasteiger charge is -2.38. The number of piperidine rings is 1. The molecule has 0 radical (unpaired) electrons.